The van der Waals surface area contributed by atoms with Crippen LogP contribution < -0.4 is 15.2 Å². The van der Waals surface area contributed by atoms with E-state index in [9.17, 15) is 13.6 Å². The van der Waals surface area contributed by atoms with Crippen LogP contribution in [0.3, 0.4) is 0 Å². The van der Waals surface area contributed by atoms with E-state index >= 15 is 0 Å². The van der Waals surface area contributed by atoms with Crippen molar-refractivity contribution < 1.29 is 18.3 Å². The van der Waals surface area contributed by atoms with Crippen molar-refractivity contribution in [3.8, 4) is 5.75 Å². The molecule has 0 aliphatic rings. The molecular formula is C13H12N3O4S-. The highest BCUT2D eigenvalue weighted by Gasteiger charge is 2.03. The molecule has 7 nitrogen and oxygen atoms in total. The highest BCUT2D eigenvalue weighted by Crippen LogP contribution is 2.15. The number of carbonyl (C=O) groups excluding carboxylic acids is 1. The molecule has 21 heavy (non-hydrogen) atoms. The van der Waals surface area contributed by atoms with E-state index in [1.54, 1.807) is 24.3 Å². The summed E-state index contributed by atoms with van der Waals surface area (Å²) in [5, 5.41) is 0. The van der Waals surface area contributed by atoms with Gasteiger partial charge in [0.15, 0.2) is 0 Å². The van der Waals surface area contributed by atoms with Crippen LogP contribution >= 0.6 is 0 Å². The van der Waals surface area contributed by atoms with Crippen molar-refractivity contribution in [2.24, 2.45) is 5.73 Å². The molecule has 0 spiro atoms. The maximum atomic E-state index is 11.0. The van der Waals surface area contributed by atoms with Gasteiger partial charge in [-0.05, 0) is 23.8 Å². The Balaban J connectivity index is 2.04. The second-order valence-electron chi connectivity index (χ2n) is 4.10. The number of carbonyl (C=O) groups is 1. The second-order valence-corrected chi connectivity index (χ2v) is 4.77. The van der Waals surface area contributed by atoms with Crippen molar-refractivity contribution in [3.63, 3.8) is 0 Å². The van der Waals surface area contributed by atoms with E-state index in [0.717, 1.165) is 5.56 Å². The summed E-state index contributed by atoms with van der Waals surface area (Å²) in [6.45, 7) is 0.199. The van der Waals surface area contributed by atoms with Crippen molar-refractivity contribution in [1.82, 2.24) is 4.98 Å². The van der Waals surface area contributed by atoms with Crippen LogP contribution in [-0.2, 0) is 17.9 Å². The van der Waals surface area contributed by atoms with E-state index in [1.165, 1.54) is 18.5 Å². The highest BCUT2D eigenvalue weighted by atomic mass is 32.2. The molecule has 0 saturated carbocycles. The summed E-state index contributed by atoms with van der Waals surface area (Å²) in [4.78, 5) is 14.9. The van der Waals surface area contributed by atoms with Crippen LogP contribution in [0.5, 0.6) is 5.75 Å². The zero-order chi connectivity index (χ0) is 15.2. The second kappa shape index (κ2) is 6.82. The van der Waals surface area contributed by atoms with Gasteiger partial charge in [0, 0.05) is 23.2 Å². The first kappa shape index (κ1) is 14.9. The predicted octanol–water partition coefficient (Wildman–Crippen LogP) is 0.966. The number of nitrogens with zero attached hydrogens (tertiary/aromatic N) is 1. The number of hydrogen-bond acceptors (Lipinski definition) is 5. The van der Waals surface area contributed by atoms with Crippen molar-refractivity contribution >= 4 is 22.9 Å². The first-order valence-corrected chi connectivity index (χ1v) is 6.94. The fourth-order valence-electron chi connectivity index (χ4n) is 1.62. The Morgan fingerprint density at radius 3 is 2.90 bits per heavy atom. The van der Waals surface area contributed by atoms with Gasteiger partial charge >= 0.3 is 0 Å². The predicted molar refractivity (Wildman–Crippen MR) is 76.1 cm³/mol. The first-order chi connectivity index (χ1) is 10.0. The number of nitrogens with two attached hydrogens (primary N) is 1. The lowest BCUT2D eigenvalue weighted by Gasteiger charge is -2.11. The Labute approximate surface area is 123 Å². The Morgan fingerprint density at radius 2 is 2.19 bits per heavy atom. The average molecular weight is 306 g/mol. The molecule has 0 bridgehead atoms. The summed E-state index contributed by atoms with van der Waals surface area (Å²) in [6.07, 6.45) is 2.81. The molecule has 1 aromatic carbocycles. The Morgan fingerprint density at radius 1 is 1.38 bits per heavy atom. The van der Waals surface area contributed by atoms with Gasteiger partial charge in [0.25, 0.3) is 0 Å². The van der Waals surface area contributed by atoms with E-state index in [2.05, 4.69) is 9.71 Å². The van der Waals surface area contributed by atoms with Crippen molar-refractivity contribution in [3.05, 3.63) is 53.9 Å². The van der Waals surface area contributed by atoms with Crippen molar-refractivity contribution in [1.29, 1.82) is 0 Å². The minimum absolute atomic E-state index is 0.199. The number of pyridine rings is 1. The third-order valence-corrected chi connectivity index (χ3v) is 2.93. The van der Waals surface area contributed by atoms with E-state index in [-0.39, 0.29) is 12.2 Å². The molecule has 0 radical (unpaired) electrons. The number of benzene rings is 1. The van der Waals surface area contributed by atoms with E-state index in [1.807, 2.05) is 0 Å². The molecule has 2 rings (SSSR count). The molecule has 2 aromatic rings. The normalized spacial score (nSPS) is 11.7. The van der Waals surface area contributed by atoms with E-state index in [0.29, 0.717) is 11.4 Å². The van der Waals surface area contributed by atoms with Crippen LogP contribution in [-0.4, -0.2) is 19.7 Å². The molecule has 3 N–H and O–H groups in total. The SMILES string of the molecule is NC(=O)c1cncc(OCc2cccc(NS(=O)[O-])c2)c1. The largest absolute Gasteiger partial charge is 0.755 e. The summed E-state index contributed by atoms with van der Waals surface area (Å²) in [5.74, 6) is -0.186. The van der Waals surface area contributed by atoms with Crippen LogP contribution in [0.1, 0.15) is 15.9 Å². The van der Waals surface area contributed by atoms with Crippen LogP contribution in [0, 0.1) is 0 Å². The van der Waals surface area contributed by atoms with Gasteiger partial charge in [0.2, 0.25) is 5.91 Å². The first-order valence-electron chi connectivity index (χ1n) is 5.87. The van der Waals surface area contributed by atoms with Gasteiger partial charge < -0.3 is 19.7 Å². The van der Waals surface area contributed by atoms with E-state index in [4.69, 9.17) is 10.5 Å². The third kappa shape index (κ3) is 4.55. The summed E-state index contributed by atoms with van der Waals surface area (Å²) in [7, 11) is 0. The van der Waals surface area contributed by atoms with Gasteiger partial charge in [-0.3, -0.25) is 14.0 Å². The number of amides is 1. The highest BCUT2D eigenvalue weighted by molar-refractivity contribution is 7.80. The Kier molecular flexibility index (Phi) is 4.85. The number of nitrogens with one attached hydrogen (secondary N) is 1. The smallest absolute Gasteiger partial charge is 0.250 e. The fraction of sp³-hybridized carbons (Fsp3) is 0.0769. The minimum atomic E-state index is -2.38. The molecule has 110 valence electrons. The van der Waals surface area contributed by atoms with Gasteiger partial charge in [0.1, 0.15) is 12.4 Å². The Hall–Kier alpha value is -2.45. The van der Waals surface area contributed by atoms with Crippen LogP contribution in [0.15, 0.2) is 42.7 Å². The summed E-state index contributed by atoms with van der Waals surface area (Å²) >= 11 is -2.38. The minimum Gasteiger partial charge on any atom is -0.755 e. The molecule has 1 amide bonds. The number of anilines is 1. The number of aromatic nitrogens is 1. The van der Waals surface area contributed by atoms with Gasteiger partial charge in [0.05, 0.1) is 11.8 Å². The molecule has 1 atom stereocenters. The average Bonchev–Trinajstić information content (AvgIpc) is 2.45. The molecule has 1 heterocycles. The van der Waals surface area contributed by atoms with Gasteiger partial charge in [-0.1, -0.05) is 12.1 Å². The Bertz CT molecular complexity index is 678. The molecule has 0 saturated heterocycles. The zero-order valence-corrected chi connectivity index (χ0v) is 11.6. The standard InChI is InChI=1S/C13H13N3O4S/c14-13(17)10-5-12(7-15-6-10)20-8-9-2-1-3-11(4-9)16-21(18)19/h1-7,16H,8H2,(H2,14,17)(H,18,19)/p-1. The fourth-order valence-corrected chi connectivity index (χ4v) is 1.94. The van der Waals surface area contributed by atoms with E-state index < -0.39 is 17.2 Å². The summed E-state index contributed by atoms with van der Waals surface area (Å²) < 4.78 is 28.9. The number of primary amides is 1. The maximum absolute atomic E-state index is 11.0. The van der Waals surface area contributed by atoms with Crippen molar-refractivity contribution in [2.75, 3.05) is 4.72 Å². The molecule has 0 fully saturated rings. The number of hydrogen-bond donors (Lipinski definition) is 2. The monoisotopic (exact) mass is 306 g/mol. The molecule has 0 aliphatic heterocycles. The van der Waals surface area contributed by atoms with Gasteiger partial charge in [-0.15, -0.1) is 0 Å². The lowest BCUT2D eigenvalue weighted by Crippen LogP contribution is -2.11. The number of ether oxygens (including phenoxy) is 1. The summed E-state index contributed by atoms with van der Waals surface area (Å²) in [6, 6.07) is 8.23. The lowest BCUT2D eigenvalue weighted by atomic mass is 10.2. The zero-order valence-electron chi connectivity index (χ0n) is 10.8. The topological polar surface area (TPSA) is 117 Å². The number of rotatable bonds is 6. The van der Waals surface area contributed by atoms with Crippen molar-refractivity contribution in [2.45, 2.75) is 6.61 Å². The molecule has 8 heteroatoms. The van der Waals surface area contributed by atoms with Crippen LogP contribution in [0.25, 0.3) is 0 Å². The maximum Gasteiger partial charge on any atom is 0.250 e. The molecule has 1 aromatic heterocycles. The molecule has 1 unspecified atom stereocenters. The van der Waals surface area contributed by atoms with Crippen LogP contribution in [0.2, 0.25) is 0 Å². The third-order valence-electron chi connectivity index (χ3n) is 2.53. The quantitative estimate of drug-likeness (QED) is 0.771. The lowest BCUT2D eigenvalue weighted by molar-refractivity contribution is 0.0999. The summed E-state index contributed by atoms with van der Waals surface area (Å²) in [5.41, 5.74) is 6.61. The van der Waals surface area contributed by atoms with Gasteiger partial charge in [-0.25, -0.2) is 0 Å². The molecule has 0 aliphatic carbocycles. The molecular weight excluding hydrogens is 294 g/mol. The van der Waals surface area contributed by atoms with Crippen LogP contribution in [0.4, 0.5) is 5.69 Å². The van der Waals surface area contributed by atoms with Gasteiger partial charge in [-0.2, -0.15) is 0 Å².